The van der Waals surface area contributed by atoms with Crippen molar-refractivity contribution in [2.75, 3.05) is 4.90 Å². The van der Waals surface area contributed by atoms with Gasteiger partial charge in [0.15, 0.2) is 0 Å². The molecule has 1 aliphatic rings. The van der Waals surface area contributed by atoms with Gasteiger partial charge in [0.2, 0.25) is 0 Å². The second kappa shape index (κ2) is 18.6. The number of halogens is 3. The zero-order valence-corrected chi connectivity index (χ0v) is 36.0. The number of para-hydroxylation sites is 1. The van der Waals surface area contributed by atoms with Crippen LogP contribution in [0.3, 0.4) is 0 Å². The Morgan fingerprint density at radius 2 is 1.20 bits per heavy atom. The van der Waals surface area contributed by atoms with Gasteiger partial charge in [0.1, 0.15) is 0 Å². The van der Waals surface area contributed by atoms with Gasteiger partial charge in [-0.15, -0.1) is 5.41 Å². The number of aryl methyl sites for hydroxylation is 2. The molecule has 51 heavy (non-hydrogen) atoms. The Morgan fingerprint density at radius 3 is 1.73 bits per heavy atom. The van der Waals surface area contributed by atoms with E-state index >= 15 is 0 Å². The Morgan fingerprint density at radius 1 is 0.686 bits per heavy atom. The summed E-state index contributed by atoms with van der Waals surface area (Å²) in [5, 5.41) is 0. The molecule has 0 N–H and O–H groups in total. The third-order valence-corrected chi connectivity index (χ3v) is 12.0. The number of anilines is 1. The molecule has 1 atom stereocenters. The second-order valence-electron chi connectivity index (χ2n) is 14.2. The number of benzene rings is 5. The summed E-state index contributed by atoms with van der Waals surface area (Å²) in [7, 11) is 6.05. The summed E-state index contributed by atoms with van der Waals surface area (Å²) < 4.78 is 4.38. The van der Waals surface area contributed by atoms with Crippen molar-refractivity contribution < 1.29 is 15.7 Å². The number of hydrogen-bond acceptors (Lipinski definition) is 2. The van der Waals surface area contributed by atoms with Crippen LogP contribution >= 0.6 is 41.6 Å². The van der Waals surface area contributed by atoms with Crippen LogP contribution in [0, 0.1) is 6.54 Å². The molecule has 1 unspecified atom stereocenters. The summed E-state index contributed by atoms with van der Waals surface area (Å²) in [4.78, 5) is 5.04. The van der Waals surface area contributed by atoms with Gasteiger partial charge in [0, 0.05) is 11.2 Å². The van der Waals surface area contributed by atoms with Gasteiger partial charge < -0.3 is 4.90 Å². The van der Waals surface area contributed by atoms with Gasteiger partial charge in [-0.2, -0.15) is 0 Å². The Labute approximate surface area is 335 Å². The topological polar surface area (TPSA) is 6.48 Å². The predicted molar refractivity (Wildman–Crippen MR) is 223 cm³/mol. The van der Waals surface area contributed by atoms with Crippen molar-refractivity contribution in [2.45, 2.75) is 84.5 Å². The molecular formula is C45H49Br2ClN2Ru-. The van der Waals surface area contributed by atoms with E-state index in [0.29, 0.717) is 0 Å². The average Bonchev–Trinajstić information content (AvgIpc) is 3.39. The van der Waals surface area contributed by atoms with Crippen LogP contribution in [0.1, 0.15) is 80.0 Å². The van der Waals surface area contributed by atoms with E-state index in [4.69, 9.17) is 9.69 Å². The molecule has 5 aromatic carbocycles. The number of hydrogen-bond donors (Lipinski definition) is 0. The van der Waals surface area contributed by atoms with Crippen LogP contribution in [0.4, 0.5) is 5.69 Å². The molecule has 0 spiro atoms. The van der Waals surface area contributed by atoms with E-state index in [2.05, 4.69) is 209 Å². The van der Waals surface area contributed by atoms with Crippen LogP contribution in [0.5, 0.6) is 0 Å². The van der Waals surface area contributed by atoms with E-state index < -0.39 is 0 Å². The molecule has 1 fully saturated rings. The van der Waals surface area contributed by atoms with Crippen molar-refractivity contribution >= 4 is 51.8 Å². The van der Waals surface area contributed by atoms with Crippen LogP contribution in [-0.2, 0) is 53.6 Å². The van der Waals surface area contributed by atoms with E-state index in [-0.39, 0.29) is 26.6 Å². The molecule has 269 valence electrons. The zero-order chi connectivity index (χ0) is 36.4. The van der Waals surface area contributed by atoms with Crippen molar-refractivity contribution in [3.8, 4) is 0 Å². The molecule has 5 aromatic rings. The number of rotatable bonds is 11. The van der Waals surface area contributed by atoms with E-state index in [1.807, 2.05) is 0 Å². The molecular weight excluding hydrogens is 865 g/mol. The molecule has 2 nitrogen and oxygen atoms in total. The molecule has 1 aliphatic heterocycles. The Bertz CT molecular complexity index is 1810. The standard InChI is InChI=1S/C23H30N.C22H19Br2N.ClH.Ru/c1-6-18-12-11-13-19(7-2)21(18)24-17-23(5,16-22(24,3)4)20-14-9-8-10-15-20;1-17-4-2-3-5-20(17)16-25(14-18-6-10-21(23)11-7-18)15-19-8-12-22(24)13-9-19;;/h8-15,17H,6-7,16H2,1-5H3;1-13H,14-16H2;1H;/q-1;;;+1/p-1. The maximum absolute atomic E-state index is 6.05. The fraction of sp³-hybridized carbons (Fsp3) is 0.289. The van der Waals surface area contributed by atoms with Crippen LogP contribution in [-0.4, -0.2) is 15.0 Å². The Kier molecular flexibility index (Phi) is 14.5. The minimum atomic E-state index is -0.233. The Balaban J connectivity index is 0.000000199. The first-order chi connectivity index (χ1) is 24.5. The summed E-state index contributed by atoms with van der Waals surface area (Å²) in [5.41, 5.74) is 11.1. The summed E-state index contributed by atoms with van der Waals surface area (Å²) in [6.45, 7) is 16.8. The van der Waals surface area contributed by atoms with Crippen molar-refractivity contribution in [1.82, 2.24) is 4.90 Å². The molecule has 0 aromatic heterocycles. The molecule has 0 bridgehead atoms. The molecule has 6 heteroatoms. The first kappa shape index (κ1) is 39.8. The molecule has 0 saturated carbocycles. The molecule has 1 heterocycles. The van der Waals surface area contributed by atoms with Crippen molar-refractivity contribution in [3.63, 3.8) is 0 Å². The van der Waals surface area contributed by atoms with Gasteiger partial charge in [-0.3, -0.25) is 0 Å². The average molecular weight is 914 g/mol. The van der Waals surface area contributed by atoms with Gasteiger partial charge in [-0.1, -0.05) is 74.9 Å². The summed E-state index contributed by atoms with van der Waals surface area (Å²) >= 11 is 6.81. The summed E-state index contributed by atoms with van der Waals surface area (Å²) in [6.07, 6.45) is 3.28. The predicted octanol–water partition coefficient (Wildman–Crippen LogP) is 12.7. The molecule has 0 amide bonds. The fourth-order valence-electron chi connectivity index (χ4n) is 7.30. The first-order valence-corrected chi connectivity index (χ1v) is 22.5. The van der Waals surface area contributed by atoms with Gasteiger partial charge in [-0.25, -0.2) is 6.54 Å². The van der Waals surface area contributed by atoms with Crippen LogP contribution < -0.4 is 4.90 Å². The van der Waals surface area contributed by atoms with Crippen molar-refractivity contribution in [1.29, 1.82) is 0 Å². The van der Waals surface area contributed by atoms with E-state index in [1.165, 1.54) is 44.6 Å². The third kappa shape index (κ3) is 10.6. The SMILES string of the molecule is CCc1cccc(CC)c1N1[CH-]C(C)(c2ccccc2)CC1(C)C.[Cl][Ru]=[CH]c1ccccc1CN(Cc1ccc(Br)cc1)Cc1ccc(Br)cc1. The third-order valence-electron chi connectivity index (χ3n) is 9.74. The second-order valence-corrected chi connectivity index (χ2v) is 17.8. The van der Waals surface area contributed by atoms with E-state index in [1.54, 1.807) is 0 Å². The minimum absolute atomic E-state index is 0.0800. The molecule has 0 radical (unpaired) electrons. The fourth-order valence-corrected chi connectivity index (χ4v) is 9.01. The summed E-state index contributed by atoms with van der Waals surface area (Å²) in [5.74, 6) is 0. The first-order valence-electron chi connectivity index (χ1n) is 17.7. The molecule has 1 saturated heterocycles. The van der Waals surface area contributed by atoms with Crippen LogP contribution in [0.25, 0.3) is 0 Å². The van der Waals surface area contributed by atoms with Crippen molar-refractivity contribution in [3.05, 3.63) is 176 Å². The Hall–Kier alpha value is -2.40. The monoisotopic (exact) mass is 912 g/mol. The van der Waals surface area contributed by atoms with E-state index in [9.17, 15) is 0 Å². The molecule has 0 aliphatic carbocycles. The maximum atomic E-state index is 6.05. The van der Waals surface area contributed by atoms with Gasteiger partial charge >= 0.3 is 190 Å². The van der Waals surface area contributed by atoms with Crippen LogP contribution in [0.2, 0.25) is 0 Å². The summed E-state index contributed by atoms with van der Waals surface area (Å²) in [6, 6.07) is 43.4. The van der Waals surface area contributed by atoms with Gasteiger partial charge in [0.05, 0.1) is 0 Å². The van der Waals surface area contributed by atoms with Gasteiger partial charge in [-0.05, 0) is 44.2 Å². The van der Waals surface area contributed by atoms with Crippen molar-refractivity contribution in [2.24, 2.45) is 0 Å². The van der Waals surface area contributed by atoms with E-state index in [0.717, 1.165) is 47.8 Å². The quantitative estimate of drug-likeness (QED) is 0.0962. The van der Waals surface area contributed by atoms with Crippen LogP contribution in [0.15, 0.2) is 130 Å². The zero-order valence-electron chi connectivity index (χ0n) is 30.3. The normalized spacial score (nSPS) is 16.9. The molecule has 6 rings (SSSR count). The van der Waals surface area contributed by atoms with Gasteiger partial charge in [0.25, 0.3) is 0 Å². The number of nitrogens with zero attached hydrogens (tertiary/aromatic N) is 2.